The summed E-state index contributed by atoms with van der Waals surface area (Å²) in [4.78, 5) is 0. The van der Waals surface area contributed by atoms with Gasteiger partial charge in [-0.3, -0.25) is 0 Å². The Morgan fingerprint density at radius 1 is 1.05 bits per heavy atom. The monoisotopic (exact) mass is 282 g/mol. The predicted molar refractivity (Wildman–Crippen MR) is 82.8 cm³/mol. The highest BCUT2D eigenvalue weighted by atomic mass is 16.5. The highest BCUT2D eigenvalue weighted by Gasteiger charge is 2.01. The molecule has 0 fully saturated rings. The average Bonchev–Trinajstić information content (AvgIpc) is 2.54. The quantitative estimate of drug-likeness (QED) is 0.790. The maximum absolute atomic E-state index is 8.73. The summed E-state index contributed by atoms with van der Waals surface area (Å²) in [5, 5.41) is 12.0. The minimum atomic E-state index is 0.534. The fourth-order valence-electron chi connectivity index (χ4n) is 1.87. The van der Waals surface area contributed by atoms with Crippen molar-refractivity contribution in [1.82, 2.24) is 0 Å². The van der Waals surface area contributed by atoms with Gasteiger partial charge in [-0.05, 0) is 43.3 Å². The van der Waals surface area contributed by atoms with E-state index in [1.807, 2.05) is 31.2 Å². The molecule has 0 bridgehead atoms. The van der Waals surface area contributed by atoms with Gasteiger partial charge < -0.3 is 14.8 Å². The molecule has 21 heavy (non-hydrogen) atoms. The summed E-state index contributed by atoms with van der Waals surface area (Å²) in [5.74, 6) is 1.60. The van der Waals surface area contributed by atoms with Crippen LogP contribution < -0.4 is 14.8 Å². The standard InChI is InChI=1S/C17H18N2O2/c1-2-20-17-6-4-3-5-16(17)19-11-12-21-15-9-7-14(13-18)8-10-15/h3-10,19H,2,11-12H2,1H3. The third-order valence-electron chi connectivity index (χ3n) is 2.86. The number of benzene rings is 2. The first-order valence-electron chi connectivity index (χ1n) is 6.92. The predicted octanol–water partition coefficient (Wildman–Crippen LogP) is 3.45. The summed E-state index contributed by atoms with van der Waals surface area (Å²) in [7, 11) is 0. The zero-order valence-corrected chi connectivity index (χ0v) is 12.0. The van der Waals surface area contributed by atoms with Crippen LogP contribution in [0, 0.1) is 11.3 Å². The molecule has 0 aliphatic heterocycles. The number of nitriles is 1. The second-order valence-electron chi connectivity index (χ2n) is 4.34. The number of ether oxygens (including phenoxy) is 2. The summed E-state index contributed by atoms with van der Waals surface area (Å²) in [6.45, 7) is 3.81. The normalized spacial score (nSPS) is 9.71. The average molecular weight is 282 g/mol. The van der Waals surface area contributed by atoms with Crippen molar-refractivity contribution >= 4 is 5.69 Å². The summed E-state index contributed by atoms with van der Waals surface area (Å²) in [6, 6.07) is 17.0. The number of para-hydroxylation sites is 2. The molecule has 108 valence electrons. The van der Waals surface area contributed by atoms with Gasteiger partial charge in [0.15, 0.2) is 0 Å². The van der Waals surface area contributed by atoms with Crippen LogP contribution >= 0.6 is 0 Å². The lowest BCUT2D eigenvalue weighted by molar-refractivity contribution is 0.330. The molecular weight excluding hydrogens is 264 g/mol. The Bertz CT molecular complexity index is 603. The molecule has 4 nitrogen and oxygen atoms in total. The van der Waals surface area contributed by atoms with Crippen molar-refractivity contribution < 1.29 is 9.47 Å². The Kier molecular flexibility index (Phi) is 5.48. The molecule has 0 amide bonds. The molecule has 2 aromatic rings. The van der Waals surface area contributed by atoms with E-state index in [1.165, 1.54) is 0 Å². The van der Waals surface area contributed by atoms with Gasteiger partial charge in [0.1, 0.15) is 18.1 Å². The lowest BCUT2D eigenvalue weighted by Crippen LogP contribution is -2.12. The molecule has 0 aliphatic rings. The van der Waals surface area contributed by atoms with E-state index in [0.29, 0.717) is 25.3 Å². The molecule has 0 aromatic heterocycles. The van der Waals surface area contributed by atoms with Crippen LogP contribution in [0.4, 0.5) is 5.69 Å². The van der Waals surface area contributed by atoms with E-state index in [0.717, 1.165) is 17.2 Å². The van der Waals surface area contributed by atoms with E-state index in [4.69, 9.17) is 14.7 Å². The van der Waals surface area contributed by atoms with Crippen LogP contribution in [0.2, 0.25) is 0 Å². The molecule has 0 atom stereocenters. The van der Waals surface area contributed by atoms with Gasteiger partial charge >= 0.3 is 0 Å². The Morgan fingerprint density at radius 3 is 2.52 bits per heavy atom. The number of nitrogens with zero attached hydrogens (tertiary/aromatic N) is 1. The molecule has 0 saturated carbocycles. The second-order valence-corrected chi connectivity index (χ2v) is 4.34. The van der Waals surface area contributed by atoms with Crippen molar-refractivity contribution in [3.05, 3.63) is 54.1 Å². The lowest BCUT2D eigenvalue weighted by Gasteiger charge is -2.12. The molecule has 0 heterocycles. The number of nitrogens with one attached hydrogen (secondary N) is 1. The topological polar surface area (TPSA) is 54.3 Å². The van der Waals surface area contributed by atoms with Crippen LogP contribution in [0.15, 0.2) is 48.5 Å². The number of anilines is 1. The van der Waals surface area contributed by atoms with E-state index in [-0.39, 0.29) is 0 Å². The molecule has 4 heteroatoms. The molecule has 2 aromatic carbocycles. The van der Waals surface area contributed by atoms with Gasteiger partial charge in [0.2, 0.25) is 0 Å². The van der Waals surface area contributed by atoms with Crippen LogP contribution in [-0.2, 0) is 0 Å². The zero-order valence-electron chi connectivity index (χ0n) is 12.0. The van der Waals surface area contributed by atoms with Crippen molar-refractivity contribution in [2.24, 2.45) is 0 Å². The van der Waals surface area contributed by atoms with E-state index >= 15 is 0 Å². The van der Waals surface area contributed by atoms with Gasteiger partial charge in [0.05, 0.1) is 23.9 Å². The van der Waals surface area contributed by atoms with Crippen LogP contribution in [0.1, 0.15) is 12.5 Å². The van der Waals surface area contributed by atoms with E-state index in [9.17, 15) is 0 Å². The molecular formula is C17H18N2O2. The minimum absolute atomic E-state index is 0.534. The molecule has 0 saturated heterocycles. The fourth-order valence-corrected chi connectivity index (χ4v) is 1.87. The van der Waals surface area contributed by atoms with Gasteiger partial charge in [-0.2, -0.15) is 5.26 Å². The van der Waals surface area contributed by atoms with Gasteiger partial charge in [-0.15, -0.1) is 0 Å². The molecule has 2 rings (SSSR count). The second kappa shape index (κ2) is 7.81. The number of hydrogen-bond donors (Lipinski definition) is 1. The minimum Gasteiger partial charge on any atom is -0.492 e. The van der Waals surface area contributed by atoms with E-state index in [2.05, 4.69) is 11.4 Å². The Morgan fingerprint density at radius 2 is 1.81 bits per heavy atom. The summed E-state index contributed by atoms with van der Waals surface area (Å²) in [5.41, 5.74) is 1.59. The maximum Gasteiger partial charge on any atom is 0.142 e. The lowest BCUT2D eigenvalue weighted by atomic mass is 10.2. The van der Waals surface area contributed by atoms with Crippen LogP contribution in [0.5, 0.6) is 11.5 Å². The zero-order chi connectivity index (χ0) is 14.9. The van der Waals surface area contributed by atoms with Gasteiger partial charge in [0, 0.05) is 6.54 Å². The Labute approximate surface area is 124 Å². The van der Waals surface area contributed by atoms with Crippen LogP contribution in [0.25, 0.3) is 0 Å². The summed E-state index contributed by atoms with van der Waals surface area (Å²) >= 11 is 0. The summed E-state index contributed by atoms with van der Waals surface area (Å²) in [6.07, 6.45) is 0. The fraction of sp³-hybridized carbons (Fsp3) is 0.235. The SMILES string of the molecule is CCOc1ccccc1NCCOc1ccc(C#N)cc1. The highest BCUT2D eigenvalue weighted by Crippen LogP contribution is 2.23. The first-order valence-corrected chi connectivity index (χ1v) is 6.92. The molecule has 0 aliphatic carbocycles. The smallest absolute Gasteiger partial charge is 0.142 e. The molecule has 0 spiro atoms. The van der Waals surface area contributed by atoms with Gasteiger partial charge in [-0.1, -0.05) is 12.1 Å². The van der Waals surface area contributed by atoms with Gasteiger partial charge in [-0.25, -0.2) is 0 Å². The Balaban J connectivity index is 1.80. The summed E-state index contributed by atoms with van der Waals surface area (Å²) < 4.78 is 11.2. The number of rotatable bonds is 7. The number of hydrogen-bond acceptors (Lipinski definition) is 4. The van der Waals surface area contributed by atoms with Crippen molar-refractivity contribution in [3.8, 4) is 17.6 Å². The highest BCUT2D eigenvalue weighted by molar-refractivity contribution is 5.56. The van der Waals surface area contributed by atoms with Crippen molar-refractivity contribution in [2.45, 2.75) is 6.92 Å². The molecule has 0 unspecified atom stereocenters. The van der Waals surface area contributed by atoms with Gasteiger partial charge in [0.25, 0.3) is 0 Å². The van der Waals surface area contributed by atoms with Crippen molar-refractivity contribution in [1.29, 1.82) is 5.26 Å². The maximum atomic E-state index is 8.73. The van der Waals surface area contributed by atoms with Crippen molar-refractivity contribution in [3.63, 3.8) is 0 Å². The third kappa shape index (κ3) is 4.43. The molecule has 1 N–H and O–H groups in total. The van der Waals surface area contributed by atoms with Crippen LogP contribution in [-0.4, -0.2) is 19.8 Å². The largest absolute Gasteiger partial charge is 0.492 e. The van der Waals surface area contributed by atoms with Crippen molar-refractivity contribution in [2.75, 3.05) is 25.1 Å². The molecule has 0 radical (unpaired) electrons. The van der Waals surface area contributed by atoms with E-state index < -0.39 is 0 Å². The first-order chi connectivity index (χ1) is 10.3. The van der Waals surface area contributed by atoms with E-state index in [1.54, 1.807) is 24.3 Å². The Hall–Kier alpha value is -2.67. The van der Waals surface area contributed by atoms with Crippen LogP contribution in [0.3, 0.4) is 0 Å². The third-order valence-corrected chi connectivity index (χ3v) is 2.86. The first kappa shape index (κ1) is 14.7.